The molecule has 0 bridgehead atoms. The molecule has 0 saturated heterocycles. The van der Waals surface area contributed by atoms with E-state index in [1.54, 1.807) is 0 Å². The van der Waals surface area contributed by atoms with E-state index < -0.39 is 0 Å². The molecule has 1 aromatic rings. The van der Waals surface area contributed by atoms with Crippen LogP contribution in [0.4, 0.5) is 0 Å². The molecule has 120 valence electrons. The summed E-state index contributed by atoms with van der Waals surface area (Å²) in [6, 6.07) is 8.42. The first kappa shape index (κ1) is 16.6. The maximum atomic E-state index is 3.24. The Balaban J connectivity index is 1.87. The lowest BCUT2D eigenvalue weighted by atomic mass is 10.0. The molecule has 0 atom stereocenters. The Morgan fingerprint density at radius 1 is 0.960 bits per heavy atom. The minimum Gasteiger partial charge on any atom is -0.0867 e. The van der Waals surface area contributed by atoms with Crippen molar-refractivity contribution in [2.24, 2.45) is 11.8 Å². The SMILES string of the molecule is Cc1cccc(/C(C=C=C=CC2C=CC=C2)=C\C#CC2C=CC=C2)c1. The summed E-state index contributed by atoms with van der Waals surface area (Å²) in [6.07, 6.45) is 22.5. The van der Waals surface area contributed by atoms with Crippen LogP contribution < -0.4 is 0 Å². The molecule has 0 N–H and O–H groups in total. The zero-order valence-electron chi connectivity index (χ0n) is 14.3. The van der Waals surface area contributed by atoms with Crippen molar-refractivity contribution >= 4 is 5.57 Å². The number of aryl methyl sites for hydroxylation is 1. The lowest BCUT2D eigenvalue weighted by molar-refractivity contribution is 1.10. The van der Waals surface area contributed by atoms with Gasteiger partial charge >= 0.3 is 0 Å². The molecule has 0 aliphatic heterocycles. The molecule has 0 nitrogen and oxygen atoms in total. The lowest BCUT2D eigenvalue weighted by Crippen LogP contribution is -1.83. The van der Waals surface area contributed by atoms with Crippen LogP contribution in [0.1, 0.15) is 11.1 Å². The van der Waals surface area contributed by atoms with Crippen LogP contribution in [-0.4, -0.2) is 0 Å². The number of benzene rings is 1. The molecule has 0 fully saturated rings. The molecule has 0 aromatic heterocycles. The third-order valence-corrected chi connectivity index (χ3v) is 3.94. The van der Waals surface area contributed by atoms with Crippen molar-refractivity contribution < 1.29 is 0 Å². The smallest absolute Gasteiger partial charge is 0.0573 e. The summed E-state index contributed by atoms with van der Waals surface area (Å²) in [5, 5.41) is 0. The van der Waals surface area contributed by atoms with Crippen molar-refractivity contribution in [3.05, 3.63) is 114 Å². The highest BCUT2D eigenvalue weighted by Crippen LogP contribution is 2.17. The molecule has 0 heteroatoms. The second-order valence-electron chi connectivity index (χ2n) is 6.00. The van der Waals surface area contributed by atoms with Gasteiger partial charge in [-0.3, -0.25) is 0 Å². The third-order valence-electron chi connectivity index (χ3n) is 3.94. The van der Waals surface area contributed by atoms with Gasteiger partial charge in [0.1, 0.15) is 0 Å². The monoisotopic (exact) mass is 320 g/mol. The van der Waals surface area contributed by atoms with E-state index in [0.717, 1.165) is 11.1 Å². The average Bonchev–Trinajstić information content (AvgIpc) is 3.31. The topological polar surface area (TPSA) is 0 Å². The summed E-state index contributed by atoms with van der Waals surface area (Å²) >= 11 is 0. The third kappa shape index (κ3) is 5.13. The predicted octanol–water partition coefficient (Wildman–Crippen LogP) is 5.73. The largest absolute Gasteiger partial charge is 0.0867 e. The van der Waals surface area contributed by atoms with E-state index in [2.05, 4.69) is 78.8 Å². The summed E-state index contributed by atoms with van der Waals surface area (Å²) in [7, 11) is 0. The van der Waals surface area contributed by atoms with E-state index in [0.29, 0.717) is 5.92 Å². The molecule has 0 spiro atoms. The van der Waals surface area contributed by atoms with Crippen LogP contribution in [0.25, 0.3) is 5.57 Å². The zero-order chi connectivity index (χ0) is 17.3. The second-order valence-corrected chi connectivity index (χ2v) is 6.00. The molecule has 0 saturated carbocycles. The Hall–Kier alpha value is -3.22. The van der Waals surface area contributed by atoms with E-state index in [9.17, 15) is 0 Å². The molecule has 3 rings (SSSR count). The summed E-state index contributed by atoms with van der Waals surface area (Å²) in [5.41, 5.74) is 9.69. The summed E-state index contributed by atoms with van der Waals surface area (Å²) in [5.74, 6) is 6.96. The highest BCUT2D eigenvalue weighted by atomic mass is 14.0. The quantitative estimate of drug-likeness (QED) is 0.379. The number of rotatable bonds is 3. The minimum absolute atomic E-state index is 0.218. The van der Waals surface area contributed by atoms with Crippen LogP contribution in [-0.2, 0) is 0 Å². The summed E-state index contributed by atoms with van der Waals surface area (Å²) < 4.78 is 0. The van der Waals surface area contributed by atoms with Gasteiger partial charge in [0, 0.05) is 5.92 Å². The van der Waals surface area contributed by atoms with Gasteiger partial charge in [-0.25, -0.2) is 0 Å². The molecule has 2 aliphatic carbocycles. The van der Waals surface area contributed by atoms with Crippen LogP contribution in [0.5, 0.6) is 0 Å². The fourth-order valence-electron chi connectivity index (χ4n) is 2.60. The fraction of sp³-hybridized carbons (Fsp3) is 0.120. The Labute approximate surface area is 150 Å². The van der Waals surface area contributed by atoms with Crippen molar-refractivity contribution in [1.29, 1.82) is 0 Å². The van der Waals surface area contributed by atoms with Crippen LogP contribution in [0.15, 0.2) is 103 Å². The van der Waals surface area contributed by atoms with E-state index >= 15 is 0 Å². The first-order valence-corrected chi connectivity index (χ1v) is 8.47. The van der Waals surface area contributed by atoms with Crippen LogP contribution in [0.2, 0.25) is 0 Å². The Morgan fingerprint density at radius 3 is 2.48 bits per heavy atom. The van der Waals surface area contributed by atoms with Crippen molar-refractivity contribution in [2.75, 3.05) is 0 Å². The molecule has 2 aliphatic rings. The van der Waals surface area contributed by atoms with Gasteiger partial charge in [0.25, 0.3) is 0 Å². The maximum Gasteiger partial charge on any atom is 0.0573 e. The van der Waals surface area contributed by atoms with Gasteiger partial charge in [0.05, 0.1) is 5.92 Å². The Bertz CT molecular complexity index is 911. The van der Waals surface area contributed by atoms with Crippen molar-refractivity contribution in [3.8, 4) is 11.8 Å². The van der Waals surface area contributed by atoms with Gasteiger partial charge in [-0.15, -0.1) is 0 Å². The van der Waals surface area contributed by atoms with Crippen LogP contribution in [0.3, 0.4) is 0 Å². The van der Waals surface area contributed by atoms with Crippen molar-refractivity contribution in [3.63, 3.8) is 0 Å². The highest BCUT2D eigenvalue weighted by molar-refractivity contribution is 5.76. The van der Waals surface area contributed by atoms with Crippen molar-refractivity contribution in [2.45, 2.75) is 6.92 Å². The number of allylic oxidation sites excluding steroid dienone is 12. The molecular weight excluding hydrogens is 300 g/mol. The van der Waals surface area contributed by atoms with Gasteiger partial charge in [-0.05, 0) is 36.3 Å². The van der Waals surface area contributed by atoms with Gasteiger partial charge < -0.3 is 0 Å². The zero-order valence-corrected chi connectivity index (χ0v) is 14.3. The molecular formula is C25H20. The number of hydrogen-bond donors (Lipinski definition) is 0. The summed E-state index contributed by atoms with van der Waals surface area (Å²) in [4.78, 5) is 0. The maximum absolute atomic E-state index is 3.24. The van der Waals surface area contributed by atoms with E-state index in [4.69, 9.17) is 0 Å². The van der Waals surface area contributed by atoms with Gasteiger partial charge in [-0.2, -0.15) is 0 Å². The predicted molar refractivity (Wildman–Crippen MR) is 107 cm³/mol. The first-order chi connectivity index (χ1) is 12.3. The van der Waals surface area contributed by atoms with E-state index in [1.165, 1.54) is 5.56 Å². The Kier molecular flexibility index (Phi) is 5.71. The molecule has 1 aromatic carbocycles. The molecule has 0 unspecified atom stereocenters. The molecule has 0 amide bonds. The van der Waals surface area contributed by atoms with Crippen LogP contribution >= 0.6 is 0 Å². The first-order valence-electron chi connectivity index (χ1n) is 8.47. The standard InChI is InChI=1S/C25H20/c1-21-10-8-19-25(20-21)24(18-9-16-23-13-4-5-14-23)17-7-6-15-22-11-2-3-12-22/h2-5,8,10-15,17-20,22-23H,1H3/b17-15?,24-18-. The average molecular weight is 320 g/mol. The molecule has 0 heterocycles. The van der Waals surface area contributed by atoms with Crippen LogP contribution in [0, 0.1) is 30.6 Å². The Morgan fingerprint density at radius 2 is 1.72 bits per heavy atom. The molecule has 0 radical (unpaired) electrons. The van der Waals surface area contributed by atoms with E-state index in [-0.39, 0.29) is 5.92 Å². The highest BCUT2D eigenvalue weighted by Gasteiger charge is 1.99. The van der Waals surface area contributed by atoms with Gasteiger partial charge in [0.15, 0.2) is 0 Å². The second kappa shape index (κ2) is 8.58. The lowest BCUT2D eigenvalue weighted by Gasteiger charge is -2.01. The normalized spacial score (nSPS) is 15.6. The summed E-state index contributed by atoms with van der Waals surface area (Å²) in [6.45, 7) is 2.10. The van der Waals surface area contributed by atoms with E-state index in [1.807, 2.05) is 42.5 Å². The fourth-order valence-corrected chi connectivity index (χ4v) is 2.60. The van der Waals surface area contributed by atoms with Gasteiger partial charge in [0.2, 0.25) is 0 Å². The van der Waals surface area contributed by atoms with Gasteiger partial charge in [-0.1, -0.05) is 102 Å². The minimum atomic E-state index is 0.218. The number of hydrogen-bond acceptors (Lipinski definition) is 0. The molecule has 25 heavy (non-hydrogen) atoms. The van der Waals surface area contributed by atoms with Crippen molar-refractivity contribution in [1.82, 2.24) is 0 Å².